The lowest BCUT2D eigenvalue weighted by atomic mass is 10.0. The smallest absolute Gasteiger partial charge is 0.315 e. The Morgan fingerprint density at radius 1 is 1.16 bits per heavy atom. The number of hydrogen-bond acceptors (Lipinski definition) is 3. The van der Waals surface area contributed by atoms with Crippen molar-refractivity contribution in [2.24, 2.45) is 0 Å². The van der Waals surface area contributed by atoms with Crippen molar-refractivity contribution in [1.82, 2.24) is 10.6 Å². The topological polar surface area (TPSA) is 79.5 Å². The van der Waals surface area contributed by atoms with Crippen molar-refractivity contribution in [1.29, 1.82) is 0 Å². The second-order valence-corrected chi connectivity index (χ2v) is 6.80. The molecule has 0 aliphatic carbocycles. The summed E-state index contributed by atoms with van der Waals surface area (Å²) in [6.07, 6.45) is 4.29. The number of carbonyl (C=O) groups is 2. The second kappa shape index (κ2) is 8.74. The summed E-state index contributed by atoms with van der Waals surface area (Å²) in [6, 6.07) is 4.16. The molecule has 0 saturated carbocycles. The van der Waals surface area contributed by atoms with Crippen LogP contribution in [-0.2, 0) is 4.79 Å². The first-order valence-corrected chi connectivity index (χ1v) is 8.93. The number of urea groups is 1. The summed E-state index contributed by atoms with van der Waals surface area (Å²) in [5.41, 5.74) is 2.84. The molecule has 0 bridgehead atoms. The van der Waals surface area contributed by atoms with Gasteiger partial charge in [-0.3, -0.25) is 4.79 Å². The van der Waals surface area contributed by atoms with Crippen LogP contribution in [0, 0.1) is 13.8 Å². The van der Waals surface area contributed by atoms with E-state index in [9.17, 15) is 9.59 Å². The number of carbonyl (C=O) groups excluding carboxylic acids is 2. The molecule has 138 valence electrons. The van der Waals surface area contributed by atoms with Crippen LogP contribution >= 0.6 is 0 Å². The SMILES string of the molecule is COc1c(C)cc(NC(=O)CCCCC[C@@H]2NC(=O)N[C@@H]2C)cc1C. The first-order chi connectivity index (χ1) is 11.9. The molecule has 2 atom stereocenters. The fourth-order valence-electron chi connectivity index (χ4n) is 3.36. The van der Waals surface area contributed by atoms with Crippen LogP contribution in [0.3, 0.4) is 0 Å². The zero-order chi connectivity index (χ0) is 18.4. The van der Waals surface area contributed by atoms with Crippen LogP contribution in [-0.4, -0.2) is 31.1 Å². The Morgan fingerprint density at radius 2 is 1.84 bits per heavy atom. The number of aryl methyl sites for hydroxylation is 2. The van der Waals surface area contributed by atoms with Gasteiger partial charge in [0.2, 0.25) is 5.91 Å². The Morgan fingerprint density at radius 3 is 2.40 bits per heavy atom. The monoisotopic (exact) mass is 347 g/mol. The zero-order valence-corrected chi connectivity index (χ0v) is 15.6. The predicted octanol–water partition coefficient (Wildman–Crippen LogP) is 3.27. The molecule has 0 unspecified atom stereocenters. The van der Waals surface area contributed by atoms with Crippen molar-refractivity contribution in [3.05, 3.63) is 23.3 Å². The normalized spacial score (nSPS) is 19.3. The minimum atomic E-state index is -0.0815. The fourth-order valence-corrected chi connectivity index (χ4v) is 3.36. The van der Waals surface area contributed by atoms with Crippen molar-refractivity contribution in [2.45, 2.75) is 65.0 Å². The standard InChI is InChI=1S/C19H29N3O3/c1-12-10-15(11-13(2)18(12)25-4)21-17(23)9-7-5-6-8-16-14(3)20-19(24)22-16/h10-11,14,16H,5-9H2,1-4H3,(H,21,23)(H2,20,22,24)/t14-,16+/m1/s1. The van der Waals surface area contributed by atoms with E-state index in [4.69, 9.17) is 4.74 Å². The van der Waals surface area contributed by atoms with E-state index in [0.29, 0.717) is 6.42 Å². The Labute approximate surface area is 149 Å². The van der Waals surface area contributed by atoms with Gasteiger partial charge in [0.1, 0.15) is 5.75 Å². The molecule has 1 fully saturated rings. The minimum absolute atomic E-state index is 0.0353. The van der Waals surface area contributed by atoms with Crippen LogP contribution < -0.4 is 20.7 Å². The van der Waals surface area contributed by atoms with Crippen molar-refractivity contribution >= 4 is 17.6 Å². The van der Waals surface area contributed by atoms with Crippen LogP contribution in [0.1, 0.15) is 50.2 Å². The van der Waals surface area contributed by atoms with Gasteiger partial charge in [-0.25, -0.2) is 4.79 Å². The Bertz CT molecular complexity index is 607. The molecular formula is C19H29N3O3. The predicted molar refractivity (Wildman–Crippen MR) is 99.1 cm³/mol. The lowest BCUT2D eigenvalue weighted by Gasteiger charge is -2.14. The van der Waals surface area contributed by atoms with Crippen LogP contribution in [0.25, 0.3) is 0 Å². The lowest BCUT2D eigenvalue weighted by molar-refractivity contribution is -0.116. The summed E-state index contributed by atoms with van der Waals surface area (Å²) in [5, 5.41) is 8.72. The summed E-state index contributed by atoms with van der Waals surface area (Å²) < 4.78 is 5.34. The molecule has 0 spiro atoms. The van der Waals surface area contributed by atoms with Crippen molar-refractivity contribution in [3.8, 4) is 5.75 Å². The largest absolute Gasteiger partial charge is 0.496 e. The van der Waals surface area contributed by atoms with E-state index in [0.717, 1.165) is 48.2 Å². The van der Waals surface area contributed by atoms with Gasteiger partial charge in [0.05, 0.1) is 13.2 Å². The Hall–Kier alpha value is -2.24. The number of amides is 3. The molecule has 6 heteroatoms. The van der Waals surface area contributed by atoms with E-state index >= 15 is 0 Å². The third kappa shape index (κ3) is 5.37. The number of hydrogen-bond donors (Lipinski definition) is 3. The quantitative estimate of drug-likeness (QED) is 0.632. The molecule has 2 rings (SSSR count). The molecule has 25 heavy (non-hydrogen) atoms. The maximum atomic E-state index is 12.1. The van der Waals surface area contributed by atoms with Crippen molar-refractivity contribution in [3.63, 3.8) is 0 Å². The molecule has 1 saturated heterocycles. The first kappa shape index (κ1) is 19.1. The third-order valence-electron chi connectivity index (χ3n) is 4.65. The summed E-state index contributed by atoms with van der Waals surface area (Å²) in [6.45, 7) is 5.95. The number of methoxy groups -OCH3 is 1. The van der Waals surface area contributed by atoms with E-state index in [1.807, 2.05) is 32.9 Å². The van der Waals surface area contributed by atoms with Gasteiger partial charge in [-0.15, -0.1) is 0 Å². The highest BCUT2D eigenvalue weighted by atomic mass is 16.5. The Balaban J connectivity index is 1.68. The molecule has 1 aliphatic rings. The van der Waals surface area contributed by atoms with Crippen molar-refractivity contribution < 1.29 is 14.3 Å². The number of ether oxygens (including phenoxy) is 1. The van der Waals surface area contributed by atoms with Crippen molar-refractivity contribution in [2.75, 3.05) is 12.4 Å². The summed E-state index contributed by atoms with van der Waals surface area (Å²) in [7, 11) is 1.65. The molecule has 6 nitrogen and oxygen atoms in total. The maximum Gasteiger partial charge on any atom is 0.315 e. The van der Waals surface area contributed by atoms with Gasteiger partial charge in [-0.05, 0) is 56.9 Å². The number of rotatable bonds is 8. The van der Waals surface area contributed by atoms with Gasteiger partial charge in [0.25, 0.3) is 0 Å². The third-order valence-corrected chi connectivity index (χ3v) is 4.65. The molecule has 0 radical (unpaired) electrons. The first-order valence-electron chi connectivity index (χ1n) is 8.93. The molecule has 1 aliphatic heterocycles. The summed E-state index contributed by atoms with van der Waals surface area (Å²) >= 11 is 0. The zero-order valence-electron chi connectivity index (χ0n) is 15.6. The highest BCUT2D eigenvalue weighted by Gasteiger charge is 2.26. The molecule has 1 heterocycles. The van der Waals surface area contributed by atoms with Gasteiger partial charge < -0.3 is 20.7 Å². The molecule has 1 aromatic rings. The van der Waals surface area contributed by atoms with Crippen LogP contribution in [0.5, 0.6) is 5.75 Å². The minimum Gasteiger partial charge on any atom is -0.496 e. The van der Waals surface area contributed by atoms with Crippen LogP contribution in [0.15, 0.2) is 12.1 Å². The van der Waals surface area contributed by atoms with Gasteiger partial charge >= 0.3 is 6.03 Å². The van der Waals surface area contributed by atoms with E-state index in [1.54, 1.807) is 7.11 Å². The summed E-state index contributed by atoms with van der Waals surface area (Å²) in [4.78, 5) is 23.3. The van der Waals surface area contributed by atoms with E-state index in [-0.39, 0.29) is 24.0 Å². The fraction of sp³-hybridized carbons (Fsp3) is 0.579. The number of anilines is 1. The number of benzene rings is 1. The summed E-state index contributed by atoms with van der Waals surface area (Å²) in [5.74, 6) is 0.897. The Kier molecular flexibility index (Phi) is 6.67. The van der Waals surface area contributed by atoms with Gasteiger partial charge in [-0.1, -0.05) is 12.8 Å². The average Bonchev–Trinajstić information content (AvgIpc) is 2.84. The highest BCUT2D eigenvalue weighted by Crippen LogP contribution is 2.26. The number of nitrogens with one attached hydrogen (secondary N) is 3. The molecule has 3 N–H and O–H groups in total. The molecule has 0 aromatic heterocycles. The average molecular weight is 347 g/mol. The van der Waals surface area contributed by atoms with Crippen LogP contribution in [0.4, 0.5) is 10.5 Å². The van der Waals surface area contributed by atoms with Gasteiger partial charge in [0.15, 0.2) is 0 Å². The van der Waals surface area contributed by atoms with Crippen LogP contribution in [0.2, 0.25) is 0 Å². The van der Waals surface area contributed by atoms with Gasteiger partial charge in [0, 0.05) is 18.2 Å². The lowest BCUT2D eigenvalue weighted by Crippen LogP contribution is -2.30. The second-order valence-electron chi connectivity index (χ2n) is 6.80. The molecule has 1 aromatic carbocycles. The van der Waals surface area contributed by atoms with E-state index < -0.39 is 0 Å². The molecular weight excluding hydrogens is 318 g/mol. The highest BCUT2D eigenvalue weighted by molar-refractivity contribution is 5.91. The van der Waals surface area contributed by atoms with E-state index in [1.165, 1.54) is 0 Å². The van der Waals surface area contributed by atoms with E-state index in [2.05, 4.69) is 16.0 Å². The van der Waals surface area contributed by atoms with Gasteiger partial charge in [-0.2, -0.15) is 0 Å². The number of unbranched alkanes of at least 4 members (excludes halogenated alkanes) is 2. The molecule has 3 amide bonds. The maximum absolute atomic E-state index is 12.1.